The molecule has 2 saturated heterocycles. The standard InChI is InChI=1S/C16H24N6OS/c1-16(2,3)12-10-22-14(18-12)24-15(19-22)20-7-4-5-11(9-20)21-8-6-17-13(21)23/h10-11H,4-9H2,1-3H3,(H,17,23)/t11-/m0/s1. The molecule has 8 heteroatoms. The fourth-order valence-electron chi connectivity index (χ4n) is 3.40. The molecule has 1 N–H and O–H groups in total. The molecule has 7 nitrogen and oxygen atoms in total. The van der Waals surface area contributed by atoms with Crippen molar-refractivity contribution in [3.63, 3.8) is 0 Å². The van der Waals surface area contributed by atoms with Gasteiger partial charge in [-0.3, -0.25) is 0 Å². The van der Waals surface area contributed by atoms with Crippen molar-refractivity contribution in [2.75, 3.05) is 31.1 Å². The monoisotopic (exact) mass is 348 g/mol. The summed E-state index contributed by atoms with van der Waals surface area (Å²) in [7, 11) is 0. The Bertz CT molecular complexity index is 729. The van der Waals surface area contributed by atoms with Crippen molar-refractivity contribution in [3.05, 3.63) is 11.9 Å². The van der Waals surface area contributed by atoms with E-state index in [0.29, 0.717) is 0 Å². The van der Waals surface area contributed by atoms with E-state index < -0.39 is 0 Å². The van der Waals surface area contributed by atoms with Gasteiger partial charge in [-0.05, 0) is 12.8 Å². The number of amides is 2. The van der Waals surface area contributed by atoms with Crippen molar-refractivity contribution in [1.82, 2.24) is 24.8 Å². The fourth-order valence-corrected chi connectivity index (χ4v) is 4.31. The maximum Gasteiger partial charge on any atom is 0.317 e. The van der Waals surface area contributed by atoms with Gasteiger partial charge < -0.3 is 15.1 Å². The summed E-state index contributed by atoms with van der Waals surface area (Å²) >= 11 is 1.63. The lowest BCUT2D eigenvalue weighted by Gasteiger charge is -2.36. The first kappa shape index (κ1) is 15.7. The summed E-state index contributed by atoms with van der Waals surface area (Å²) in [5, 5.41) is 8.63. The highest BCUT2D eigenvalue weighted by molar-refractivity contribution is 7.20. The number of rotatable bonds is 2. The SMILES string of the molecule is CC(C)(C)c1cn2nc(N3CCC[C@H](N4CCNC4=O)C3)sc2n1. The number of nitrogens with one attached hydrogen (secondary N) is 1. The van der Waals surface area contributed by atoms with Crippen LogP contribution >= 0.6 is 11.3 Å². The van der Waals surface area contributed by atoms with E-state index >= 15 is 0 Å². The van der Waals surface area contributed by atoms with Crippen molar-refractivity contribution in [2.45, 2.75) is 45.1 Å². The third-order valence-electron chi connectivity index (χ3n) is 4.80. The molecule has 0 unspecified atom stereocenters. The van der Waals surface area contributed by atoms with Crippen molar-refractivity contribution in [3.8, 4) is 0 Å². The van der Waals surface area contributed by atoms with Crippen molar-refractivity contribution < 1.29 is 4.79 Å². The molecule has 0 aromatic carbocycles. The lowest BCUT2D eigenvalue weighted by molar-refractivity contribution is 0.189. The zero-order valence-corrected chi connectivity index (χ0v) is 15.3. The van der Waals surface area contributed by atoms with Crippen LogP contribution in [0.3, 0.4) is 0 Å². The molecule has 2 aromatic rings. The zero-order chi connectivity index (χ0) is 16.9. The molecule has 2 aliphatic heterocycles. The minimum atomic E-state index is 0.0346. The second-order valence-electron chi connectivity index (χ2n) is 7.66. The van der Waals surface area contributed by atoms with Crippen molar-refractivity contribution in [2.24, 2.45) is 0 Å². The third kappa shape index (κ3) is 2.72. The Kier molecular flexibility index (Phi) is 3.67. The molecule has 24 heavy (non-hydrogen) atoms. The minimum absolute atomic E-state index is 0.0346. The van der Waals surface area contributed by atoms with Crippen LogP contribution in [0.25, 0.3) is 4.96 Å². The quantitative estimate of drug-likeness (QED) is 0.902. The zero-order valence-electron chi connectivity index (χ0n) is 14.4. The van der Waals surface area contributed by atoms with Gasteiger partial charge in [0, 0.05) is 31.6 Å². The molecule has 0 bridgehead atoms. The van der Waals surface area contributed by atoms with Crippen LogP contribution in [0.5, 0.6) is 0 Å². The first-order valence-corrected chi connectivity index (χ1v) is 9.39. The van der Waals surface area contributed by atoms with Crippen molar-refractivity contribution in [1.29, 1.82) is 0 Å². The van der Waals surface area contributed by atoms with Crippen LogP contribution in [-0.2, 0) is 5.41 Å². The summed E-state index contributed by atoms with van der Waals surface area (Å²) < 4.78 is 1.90. The van der Waals surface area contributed by atoms with E-state index in [1.54, 1.807) is 11.3 Å². The molecule has 0 spiro atoms. The van der Waals surface area contributed by atoms with E-state index in [-0.39, 0.29) is 17.5 Å². The van der Waals surface area contributed by atoms with Crippen LogP contribution in [-0.4, -0.2) is 57.7 Å². The number of urea groups is 1. The van der Waals surface area contributed by atoms with Crippen LogP contribution in [0.2, 0.25) is 0 Å². The normalized spacial score (nSPS) is 22.5. The number of hydrogen-bond acceptors (Lipinski definition) is 5. The fraction of sp³-hybridized carbons (Fsp3) is 0.688. The summed E-state index contributed by atoms with van der Waals surface area (Å²) in [6.45, 7) is 9.92. The Morgan fingerprint density at radius 1 is 1.33 bits per heavy atom. The highest BCUT2D eigenvalue weighted by Gasteiger charge is 2.32. The first-order chi connectivity index (χ1) is 11.4. The smallest absolute Gasteiger partial charge is 0.317 e. The molecular weight excluding hydrogens is 324 g/mol. The summed E-state index contributed by atoms with van der Waals surface area (Å²) in [6.07, 6.45) is 4.19. The average Bonchev–Trinajstić information content (AvgIpc) is 3.20. The van der Waals surface area contributed by atoms with Gasteiger partial charge in [-0.25, -0.2) is 14.3 Å². The molecule has 4 rings (SSSR count). The van der Waals surface area contributed by atoms with Crippen LogP contribution in [0.15, 0.2) is 6.20 Å². The van der Waals surface area contributed by atoms with Gasteiger partial charge in [0.25, 0.3) is 0 Å². The van der Waals surface area contributed by atoms with Gasteiger partial charge in [-0.15, -0.1) is 5.10 Å². The number of piperidine rings is 1. The predicted molar refractivity (Wildman–Crippen MR) is 94.9 cm³/mol. The molecule has 2 aliphatic rings. The molecule has 1 atom stereocenters. The Balaban J connectivity index is 1.53. The maximum absolute atomic E-state index is 11.9. The average molecular weight is 348 g/mol. The summed E-state index contributed by atoms with van der Waals surface area (Å²) in [4.78, 5) is 21.9. The van der Waals surface area contributed by atoms with Crippen LogP contribution in [0.1, 0.15) is 39.3 Å². The first-order valence-electron chi connectivity index (χ1n) is 8.58. The van der Waals surface area contributed by atoms with E-state index in [4.69, 9.17) is 10.1 Å². The Hall–Kier alpha value is -1.83. The molecule has 2 fully saturated rings. The second kappa shape index (κ2) is 5.61. The maximum atomic E-state index is 11.9. The van der Waals surface area contributed by atoms with Crippen molar-refractivity contribution >= 4 is 27.5 Å². The number of fused-ring (bicyclic) bond motifs is 1. The van der Waals surface area contributed by atoms with Gasteiger partial charge in [0.2, 0.25) is 10.1 Å². The third-order valence-corrected chi connectivity index (χ3v) is 5.78. The summed E-state index contributed by atoms with van der Waals surface area (Å²) in [5.41, 5.74) is 1.10. The summed E-state index contributed by atoms with van der Waals surface area (Å²) in [5.74, 6) is 0. The molecular formula is C16H24N6OS. The highest BCUT2D eigenvalue weighted by Crippen LogP contribution is 2.30. The highest BCUT2D eigenvalue weighted by atomic mass is 32.1. The van der Waals surface area contributed by atoms with Gasteiger partial charge in [-0.1, -0.05) is 32.1 Å². The van der Waals surface area contributed by atoms with Crippen LogP contribution in [0.4, 0.5) is 9.93 Å². The number of imidazole rings is 1. The van der Waals surface area contributed by atoms with Gasteiger partial charge >= 0.3 is 6.03 Å². The Morgan fingerprint density at radius 3 is 2.83 bits per heavy atom. The molecule has 2 amide bonds. The minimum Gasteiger partial charge on any atom is -0.345 e. The Morgan fingerprint density at radius 2 is 2.17 bits per heavy atom. The number of anilines is 1. The number of aromatic nitrogens is 3. The van der Waals surface area contributed by atoms with Crippen LogP contribution < -0.4 is 10.2 Å². The number of carbonyl (C=O) groups is 1. The molecule has 2 aromatic heterocycles. The molecule has 0 aliphatic carbocycles. The predicted octanol–water partition coefficient (Wildman–Crippen LogP) is 2.08. The van der Waals surface area contributed by atoms with E-state index in [1.807, 2.05) is 15.6 Å². The van der Waals surface area contributed by atoms with Crippen LogP contribution in [0, 0.1) is 0 Å². The number of hydrogen-bond donors (Lipinski definition) is 1. The number of carbonyl (C=O) groups excluding carboxylic acids is 1. The van der Waals surface area contributed by atoms with Gasteiger partial charge in [0.15, 0.2) is 0 Å². The van der Waals surface area contributed by atoms with E-state index in [2.05, 4.69) is 31.0 Å². The molecule has 0 saturated carbocycles. The number of nitrogens with zero attached hydrogens (tertiary/aromatic N) is 5. The molecule has 130 valence electrons. The summed E-state index contributed by atoms with van der Waals surface area (Å²) in [6, 6.07) is 0.355. The largest absolute Gasteiger partial charge is 0.345 e. The molecule has 0 radical (unpaired) electrons. The Labute approximate surface area is 145 Å². The van der Waals surface area contributed by atoms with Gasteiger partial charge in [0.1, 0.15) is 0 Å². The lowest BCUT2D eigenvalue weighted by Crippen LogP contribution is -2.49. The molecule has 4 heterocycles. The second-order valence-corrected chi connectivity index (χ2v) is 8.59. The van der Waals surface area contributed by atoms with E-state index in [9.17, 15) is 4.79 Å². The van der Waals surface area contributed by atoms with Gasteiger partial charge in [-0.2, -0.15) is 0 Å². The van der Waals surface area contributed by atoms with Gasteiger partial charge in [0.05, 0.1) is 17.9 Å². The lowest BCUT2D eigenvalue weighted by atomic mass is 9.93. The van der Waals surface area contributed by atoms with E-state index in [1.165, 1.54) is 0 Å². The van der Waals surface area contributed by atoms with E-state index in [0.717, 1.165) is 54.8 Å². The topological polar surface area (TPSA) is 65.8 Å².